The molecule has 1 N–H and O–H groups in total. The number of ether oxygens (including phenoxy) is 3. The number of nitrogens with one attached hydrogen (secondary N) is 1. The number of amides is 1. The van der Waals surface area contributed by atoms with Gasteiger partial charge in [-0.25, -0.2) is 24.1 Å². The second-order valence-electron chi connectivity index (χ2n) is 8.46. The first-order valence-corrected chi connectivity index (χ1v) is 11.3. The zero-order valence-corrected chi connectivity index (χ0v) is 21.1. The van der Waals surface area contributed by atoms with Gasteiger partial charge in [-0.2, -0.15) is 13.5 Å². The summed E-state index contributed by atoms with van der Waals surface area (Å²) in [6.07, 6.45) is 0.472. The van der Waals surface area contributed by atoms with Gasteiger partial charge in [0.25, 0.3) is 5.56 Å². The van der Waals surface area contributed by atoms with Crippen molar-refractivity contribution in [2.24, 2.45) is 7.05 Å². The van der Waals surface area contributed by atoms with Crippen molar-refractivity contribution < 1.29 is 28.2 Å². The minimum Gasteiger partial charge on any atom is -0.487 e. The number of aromatic nitrogens is 4. The number of hydrogen-bond donors (Lipinski definition) is 1. The van der Waals surface area contributed by atoms with Crippen LogP contribution in [0.2, 0.25) is 0 Å². The van der Waals surface area contributed by atoms with Crippen LogP contribution in [-0.2, 0) is 23.0 Å². The van der Waals surface area contributed by atoms with Gasteiger partial charge in [-0.1, -0.05) is 0 Å². The third-order valence-electron chi connectivity index (χ3n) is 5.88. The van der Waals surface area contributed by atoms with Gasteiger partial charge >= 0.3 is 6.09 Å². The molecule has 0 bridgehead atoms. The number of carbonyl (C=O) groups excluding carboxylic acids is 2. The molecule has 1 aromatic carbocycles. The van der Waals surface area contributed by atoms with Crippen molar-refractivity contribution in [2.45, 2.75) is 19.4 Å². The van der Waals surface area contributed by atoms with Crippen molar-refractivity contribution in [1.29, 1.82) is 0 Å². The Hall–Kier alpha value is -3.78. The lowest BCUT2D eigenvalue weighted by Crippen LogP contribution is -2.33. The maximum absolute atomic E-state index is 14.5. The molecule has 1 fully saturated rings. The SMILES string of the molecule is Cc1nc2ccc(F)c(OCCNC[C@H]3CN(c4cnc5c(n4)CC(=O)CO5)C(=O)O3)c2n(C)c1=O.S. The van der Waals surface area contributed by atoms with Gasteiger partial charge in [-0.05, 0) is 19.1 Å². The van der Waals surface area contributed by atoms with Crippen molar-refractivity contribution in [3.63, 3.8) is 0 Å². The van der Waals surface area contributed by atoms with Crippen LogP contribution < -0.4 is 25.2 Å². The van der Waals surface area contributed by atoms with E-state index in [9.17, 15) is 18.8 Å². The summed E-state index contributed by atoms with van der Waals surface area (Å²) in [5, 5.41) is 3.11. The van der Waals surface area contributed by atoms with E-state index in [2.05, 4.69) is 20.3 Å². The quantitative estimate of drug-likeness (QED) is 0.435. The Balaban J connectivity index is 0.00000320. The Morgan fingerprint density at radius 2 is 2.05 bits per heavy atom. The number of nitrogens with zero attached hydrogens (tertiary/aromatic N) is 5. The van der Waals surface area contributed by atoms with Gasteiger partial charge in [0.05, 0.1) is 24.7 Å². The molecule has 1 saturated heterocycles. The van der Waals surface area contributed by atoms with E-state index in [1.165, 1.54) is 27.8 Å². The van der Waals surface area contributed by atoms with Gasteiger partial charge in [0.2, 0.25) is 5.88 Å². The Morgan fingerprint density at radius 1 is 1.24 bits per heavy atom. The topological polar surface area (TPSA) is 138 Å². The fourth-order valence-corrected chi connectivity index (χ4v) is 4.12. The molecule has 4 heterocycles. The third-order valence-corrected chi connectivity index (χ3v) is 5.88. The third kappa shape index (κ3) is 5.20. The van der Waals surface area contributed by atoms with E-state index in [1.807, 2.05) is 0 Å². The number of benzene rings is 1. The van der Waals surface area contributed by atoms with E-state index in [0.717, 1.165) is 0 Å². The standard InChI is InChI=1S/C23H23FN6O6.H2S/c1-12-22(32)29(2)19-16(27-12)4-3-15(24)20(19)34-6-5-25-8-14-10-30(23(33)36-14)18-9-26-21-17(28-18)7-13(31)11-35-21;/h3-4,9,14,25H,5-8,10-11H2,1-2H3;1H2/t14-;/m0./s1. The molecule has 0 unspecified atom stereocenters. The monoisotopic (exact) mass is 532 g/mol. The van der Waals surface area contributed by atoms with E-state index in [1.54, 1.807) is 14.0 Å². The molecule has 12 nitrogen and oxygen atoms in total. The first-order valence-electron chi connectivity index (χ1n) is 11.3. The average molecular weight is 533 g/mol. The highest BCUT2D eigenvalue weighted by atomic mass is 32.1. The van der Waals surface area contributed by atoms with E-state index < -0.39 is 18.0 Å². The highest BCUT2D eigenvalue weighted by molar-refractivity contribution is 7.59. The lowest BCUT2D eigenvalue weighted by atomic mass is 10.2. The van der Waals surface area contributed by atoms with E-state index >= 15 is 0 Å². The Bertz CT molecular complexity index is 1430. The number of ketones is 1. The normalized spacial score (nSPS) is 16.7. The largest absolute Gasteiger partial charge is 0.487 e. The number of anilines is 1. The van der Waals surface area contributed by atoms with Crippen LogP contribution in [0.25, 0.3) is 11.0 Å². The zero-order valence-electron chi connectivity index (χ0n) is 20.1. The zero-order chi connectivity index (χ0) is 25.4. The number of rotatable bonds is 7. The maximum Gasteiger partial charge on any atom is 0.416 e. The van der Waals surface area contributed by atoms with Crippen molar-refractivity contribution in [2.75, 3.05) is 37.7 Å². The van der Waals surface area contributed by atoms with Gasteiger partial charge < -0.3 is 24.1 Å². The van der Waals surface area contributed by atoms with Gasteiger partial charge in [0.1, 0.15) is 36.2 Å². The Kier molecular flexibility index (Phi) is 7.59. The lowest BCUT2D eigenvalue weighted by Gasteiger charge is -2.17. The van der Waals surface area contributed by atoms with Gasteiger partial charge in [0, 0.05) is 20.1 Å². The molecular formula is C23H25FN6O6S. The van der Waals surface area contributed by atoms with Gasteiger partial charge in [0.15, 0.2) is 23.2 Å². The highest BCUT2D eigenvalue weighted by Crippen LogP contribution is 2.27. The van der Waals surface area contributed by atoms with E-state index in [4.69, 9.17) is 14.2 Å². The van der Waals surface area contributed by atoms with Crippen molar-refractivity contribution in [1.82, 2.24) is 24.8 Å². The summed E-state index contributed by atoms with van der Waals surface area (Å²) in [6.45, 7) is 2.55. The van der Waals surface area contributed by atoms with Gasteiger partial charge in [-0.3, -0.25) is 14.5 Å². The van der Waals surface area contributed by atoms with Crippen LogP contribution in [0, 0.1) is 12.7 Å². The van der Waals surface area contributed by atoms with Crippen LogP contribution in [0.3, 0.4) is 0 Å². The second kappa shape index (κ2) is 10.7. The molecule has 2 aromatic heterocycles. The number of halogens is 1. The molecule has 196 valence electrons. The van der Waals surface area contributed by atoms with Crippen LogP contribution >= 0.6 is 13.5 Å². The summed E-state index contributed by atoms with van der Waals surface area (Å²) in [4.78, 5) is 50.2. The number of carbonyl (C=O) groups is 2. The number of fused-ring (bicyclic) bond motifs is 2. The average Bonchev–Trinajstić information content (AvgIpc) is 3.23. The fourth-order valence-electron chi connectivity index (χ4n) is 4.12. The molecule has 0 saturated carbocycles. The summed E-state index contributed by atoms with van der Waals surface area (Å²) in [6, 6.07) is 2.75. The smallest absolute Gasteiger partial charge is 0.416 e. The van der Waals surface area contributed by atoms with E-state index in [0.29, 0.717) is 30.0 Å². The molecule has 5 rings (SSSR count). The van der Waals surface area contributed by atoms with E-state index in [-0.39, 0.29) is 74.0 Å². The molecule has 14 heteroatoms. The number of hydrogen-bond acceptors (Lipinski definition) is 10. The van der Waals surface area contributed by atoms with Crippen molar-refractivity contribution >= 4 is 42.2 Å². The number of cyclic esters (lactones) is 1. The molecule has 0 aliphatic carbocycles. The molecule has 2 aliphatic heterocycles. The molecule has 3 aromatic rings. The molecule has 0 spiro atoms. The number of aryl methyl sites for hydroxylation is 2. The maximum atomic E-state index is 14.5. The van der Waals surface area contributed by atoms with Crippen LogP contribution in [0.5, 0.6) is 11.6 Å². The molecule has 2 aliphatic rings. The first kappa shape index (κ1) is 26.3. The first-order chi connectivity index (χ1) is 17.3. The molecule has 1 amide bonds. The molecule has 1 atom stereocenters. The fraction of sp³-hybridized carbons (Fsp3) is 0.391. The Labute approximate surface area is 217 Å². The molecule has 37 heavy (non-hydrogen) atoms. The Morgan fingerprint density at radius 3 is 2.86 bits per heavy atom. The predicted molar refractivity (Wildman–Crippen MR) is 134 cm³/mol. The minimum absolute atomic E-state index is 0. The van der Waals surface area contributed by atoms with Crippen LogP contribution in [-0.4, -0.2) is 70.3 Å². The van der Waals surface area contributed by atoms with Crippen molar-refractivity contribution in [3.05, 3.63) is 45.9 Å². The molecular weight excluding hydrogens is 507 g/mol. The molecule has 0 radical (unpaired) electrons. The summed E-state index contributed by atoms with van der Waals surface area (Å²) < 4.78 is 32.1. The lowest BCUT2D eigenvalue weighted by molar-refractivity contribution is -0.121. The summed E-state index contributed by atoms with van der Waals surface area (Å²) in [5.74, 6) is -0.184. The predicted octanol–water partition coefficient (Wildman–Crippen LogP) is 0.782. The van der Waals surface area contributed by atoms with Crippen LogP contribution in [0.1, 0.15) is 11.4 Å². The number of Topliss-reactive ketones (excluding diaryl/α,β-unsaturated/α-hetero) is 1. The van der Waals surface area contributed by atoms with Crippen LogP contribution in [0.15, 0.2) is 23.1 Å². The minimum atomic E-state index is -0.596. The summed E-state index contributed by atoms with van der Waals surface area (Å²) in [5.41, 5.74) is 1.11. The second-order valence-corrected chi connectivity index (χ2v) is 8.46. The highest BCUT2D eigenvalue weighted by Gasteiger charge is 2.34. The summed E-state index contributed by atoms with van der Waals surface area (Å²) in [7, 11) is 1.54. The van der Waals surface area contributed by atoms with Crippen LogP contribution in [0.4, 0.5) is 15.0 Å². The van der Waals surface area contributed by atoms with Crippen molar-refractivity contribution in [3.8, 4) is 11.6 Å². The summed E-state index contributed by atoms with van der Waals surface area (Å²) >= 11 is 0. The van der Waals surface area contributed by atoms with Gasteiger partial charge in [-0.15, -0.1) is 0 Å².